The molecule has 1 heterocycles. The van der Waals surface area contributed by atoms with Crippen molar-refractivity contribution in [2.75, 3.05) is 11.5 Å². The fraction of sp³-hybridized carbons (Fsp3) is 0.0714. The highest BCUT2D eigenvalue weighted by Gasteiger charge is 2.14. The molecule has 0 fully saturated rings. The molecule has 21 heavy (non-hydrogen) atoms. The summed E-state index contributed by atoms with van der Waals surface area (Å²) in [4.78, 5) is 0. The van der Waals surface area contributed by atoms with E-state index in [1.165, 1.54) is 0 Å². The summed E-state index contributed by atoms with van der Waals surface area (Å²) in [5.41, 5.74) is 15.5. The standard InChI is InChI=1S/C14H13BrN6/c1-8-12(15)3-2-4-13(8)21-14(18-19-20-21)9-5-10(16)7-11(17)6-9/h2-7H,16-17H2,1H3. The summed E-state index contributed by atoms with van der Waals surface area (Å²) in [6, 6.07) is 11.2. The van der Waals surface area contributed by atoms with Gasteiger partial charge in [-0.15, -0.1) is 5.10 Å². The minimum atomic E-state index is 0.575. The molecule has 2 aromatic carbocycles. The molecule has 3 rings (SSSR count). The van der Waals surface area contributed by atoms with Gasteiger partial charge >= 0.3 is 0 Å². The van der Waals surface area contributed by atoms with Crippen LogP contribution in [0.3, 0.4) is 0 Å². The summed E-state index contributed by atoms with van der Waals surface area (Å²) >= 11 is 3.51. The minimum Gasteiger partial charge on any atom is -0.399 e. The van der Waals surface area contributed by atoms with Crippen molar-refractivity contribution in [1.29, 1.82) is 0 Å². The Morgan fingerprint density at radius 1 is 1.10 bits per heavy atom. The fourth-order valence-electron chi connectivity index (χ4n) is 2.16. The first-order chi connectivity index (χ1) is 10.1. The van der Waals surface area contributed by atoms with Crippen LogP contribution in [0, 0.1) is 6.92 Å². The molecule has 0 radical (unpaired) electrons. The van der Waals surface area contributed by atoms with E-state index in [1.54, 1.807) is 22.9 Å². The smallest absolute Gasteiger partial charge is 0.187 e. The van der Waals surface area contributed by atoms with Crippen LogP contribution in [0.5, 0.6) is 0 Å². The first-order valence-electron chi connectivity index (χ1n) is 6.26. The lowest BCUT2D eigenvalue weighted by Crippen LogP contribution is -2.03. The number of benzene rings is 2. The Morgan fingerprint density at radius 2 is 1.81 bits per heavy atom. The average Bonchev–Trinajstić information content (AvgIpc) is 2.90. The van der Waals surface area contributed by atoms with Crippen LogP contribution in [0.4, 0.5) is 11.4 Å². The van der Waals surface area contributed by atoms with Gasteiger partial charge in [-0.1, -0.05) is 22.0 Å². The van der Waals surface area contributed by atoms with E-state index in [2.05, 4.69) is 31.5 Å². The molecule has 0 bridgehead atoms. The monoisotopic (exact) mass is 344 g/mol. The number of tetrazole rings is 1. The predicted molar refractivity (Wildman–Crippen MR) is 85.9 cm³/mol. The molecule has 0 aliphatic heterocycles. The van der Waals surface area contributed by atoms with Crippen molar-refractivity contribution in [3.8, 4) is 17.1 Å². The molecular weight excluding hydrogens is 332 g/mol. The zero-order chi connectivity index (χ0) is 15.0. The van der Waals surface area contributed by atoms with Crippen molar-refractivity contribution in [3.63, 3.8) is 0 Å². The Hall–Kier alpha value is -2.41. The molecule has 0 atom stereocenters. The molecule has 0 saturated carbocycles. The van der Waals surface area contributed by atoms with Gasteiger partial charge in [-0.3, -0.25) is 0 Å². The molecule has 0 aliphatic carbocycles. The van der Waals surface area contributed by atoms with E-state index >= 15 is 0 Å². The number of hydrogen-bond acceptors (Lipinski definition) is 5. The van der Waals surface area contributed by atoms with Crippen molar-refractivity contribution >= 4 is 27.3 Å². The highest BCUT2D eigenvalue weighted by molar-refractivity contribution is 9.10. The number of aromatic nitrogens is 4. The van der Waals surface area contributed by atoms with Gasteiger partial charge in [0.05, 0.1) is 5.69 Å². The molecule has 0 spiro atoms. The fourth-order valence-corrected chi connectivity index (χ4v) is 2.52. The van der Waals surface area contributed by atoms with Crippen molar-refractivity contribution in [2.45, 2.75) is 6.92 Å². The van der Waals surface area contributed by atoms with Crippen molar-refractivity contribution in [3.05, 3.63) is 46.4 Å². The molecular formula is C14H13BrN6. The molecule has 0 amide bonds. The van der Waals surface area contributed by atoms with Crippen LogP contribution in [0.1, 0.15) is 5.56 Å². The Bertz CT molecular complexity index is 791. The first kappa shape index (κ1) is 13.6. The number of nitrogens with two attached hydrogens (primary N) is 2. The van der Waals surface area contributed by atoms with Crippen LogP contribution in [0.15, 0.2) is 40.9 Å². The highest BCUT2D eigenvalue weighted by Crippen LogP contribution is 2.27. The lowest BCUT2D eigenvalue weighted by molar-refractivity contribution is 0.787. The third-order valence-corrected chi connectivity index (χ3v) is 4.03. The van der Waals surface area contributed by atoms with E-state index in [0.717, 1.165) is 21.3 Å². The van der Waals surface area contributed by atoms with Gasteiger partial charge in [-0.25, -0.2) is 0 Å². The van der Waals surface area contributed by atoms with Gasteiger partial charge < -0.3 is 11.5 Å². The summed E-state index contributed by atoms with van der Waals surface area (Å²) in [6.07, 6.45) is 0. The van der Waals surface area contributed by atoms with Gasteiger partial charge in [0.25, 0.3) is 0 Å². The van der Waals surface area contributed by atoms with Crippen LogP contribution >= 0.6 is 15.9 Å². The summed E-state index contributed by atoms with van der Waals surface area (Å²) in [5.74, 6) is 0.593. The molecule has 6 nitrogen and oxygen atoms in total. The number of nitrogen functional groups attached to an aromatic ring is 2. The summed E-state index contributed by atoms with van der Waals surface area (Å²) in [6.45, 7) is 2.00. The average molecular weight is 345 g/mol. The van der Waals surface area contributed by atoms with Crippen LogP contribution in [0.25, 0.3) is 17.1 Å². The SMILES string of the molecule is Cc1c(Br)cccc1-n1nnnc1-c1cc(N)cc(N)c1. The lowest BCUT2D eigenvalue weighted by atomic mass is 10.1. The third-order valence-electron chi connectivity index (χ3n) is 3.17. The van der Waals surface area contributed by atoms with E-state index in [9.17, 15) is 0 Å². The van der Waals surface area contributed by atoms with Crippen LogP contribution in [0.2, 0.25) is 0 Å². The second-order valence-corrected chi connectivity index (χ2v) is 5.54. The van der Waals surface area contributed by atoms with E-state index in [4.69, 9.17) is 11.5 Å². The Morgan fingerprint density at radius 3 is 2.52 bits per heavy atom. The molecule has 0 aliphatic rings. The summed E-state index contributed by atoms with van der Waals surface area (Å²) < 4.78 is 2.67. The van der Waals surface area contributed by atoms with Gasteiger partial charge in [0, 0.05) is 21.4 Å². The number of anilines is 2. The van der Waals surface area contributed by atoms with Crippen LogP contribution in [-0.2, 0) is 0 Å². The molecule has 7 heteroatoms. The van der Waals surface area contributed by atoms with E-state index in [0.29, 0.717) is 17.2 Å². The van der Waals surface area contributed by atoms with E-state index < -0.39 is 0 Å². The quantitative estimate of drug-likeness (QED) is 0.696. The third kappa shape index (κ3) is 2.47. The number of nitrogens with zero attached hydrogens (tertiary/aromatic N) is 4. The van der Waals surface area contributed by atoms with Gasteiger partial charge in [0.1, 0.15) is 0 Å². The van der Waals surface area contributed by atoms with Crippen LogP contribution in [-0.4, -0.2) is 20.2 Å². The normalized spacial score (nSPS) is 10.8. The Balaban J connectivity index is 2.19. The first-order valence-corrected chi connectivity index (χ1v) is 7.06. The largest absolute Gasteiger partial charge is 0.399 e. The van der Waals surface area contributed by atoms with Crippen LogP contribution < -0.4 is 11.5 Å². The van der Waals surface area contributed by atoms with Crippen molar-refractivity contribution in [1.82, 2.24) is 20.2 Å². The Kier molecular flexibility index (Phi) is 3.34. The van der Waals surface area contributed by atoms with Gasteiger partial charge in [0.2, 0.25) is 0 Å². The lowest BCUT2D eigenvalue weighted by Gasteiger charge is -2.10. The maximum absolute atomic E-state index is 5.84. The summed E-state index contributed by atoms with van der Waals surface area (Å²) in [7, 11) is 0. The minimum absolute atomic E-state index is 0.575. The zero-order valence-corrected chi connectivity index (χ0v) is 12.9. The predicted octanol–water partition coefficient (Wildman–Crippen LogP) is 2.56. The number of rotatable bonds is 2. The molecule has 1 aromatic heterocycles. The summed E-state index contributed by atoms with van der Waals surface area (Å²) in [5, 5.41) is 11.9. The highest BCUT2D eigenvalue weighted by atomic mass is 79.9. The van der Waals surface area contributed by atoms with Crippen molar-refractivity contribution in [2.24, 2.45) is 0 Å². The van der Waals surface area contributed by atoms with Gasteiger partial charge in [-0.05, 0) is 53.2 Å². The topological polar surface area (TPSA) is 95.6 Å². The van der Waals surface area contributed by atoms with Gasteiger partial charge in [0.15, 0.2) is 5.82 Å². The molecule has 0 saturated heterocycles. The maximum atomic E-state index is 5.84. The van der Waals surface area contributed by atoms with E-state index in [1.807, 2.05) is 25.1 Å². The number of halogens is 1. The molecule has 106 valence electrons. The Labute approximate surface area is 129 Å². The molecule has 4 N–H and O–H groups in total. The molecule has 0 unspecified atom stereocenters. The van der Waals surface area contributed by atoms with Gasteiger partial charge in [-0.2, -0.15) is 4.68 Å². The van der Waals surface area contributed by atoms with Crippen molar-refractivity contribution < 1.29 is 0 Å². The second kappa shape index (κ2) is 5.17. The van der Waals surface area contributed by atoms with E-state index in [-0.39, 0.29) is 0 Å². The zero-order valence-electron chi connectivity index (χ0n) is 11.3. The maximum Gasteiger partial charge on any atom is 0.187 e. The number of hydrogen-bond donors (Lipinski definition) is 2. The molecule has 3 aromatic rings. The second-order valence-electron chi connectivity index (χ2n) is 4.69.